The number of carbonyl (C=O) groups is 1. The first-order valence-corrected chi connectivity index (χ1v) is 10.7. The summed E-state index contributed by atoms with van der Waals surface area (Å²) in [5.41, 5.74) is 3.85. The summed E-state index contributed by atoms with van der Waals surface area (Å²) in [6.07, 6.45) is 0. The Hall–Kier alpha value is -2.54. The van der Waals surface area contributed by atoms with E-state index in [0.717, 1.165) is 54.7 Å². The molecular formula is C23H26N4OS. The lowest BCUT2D eigenvalue weighted by molar-refractivity contribution is 0.103. The van der Waals surface area contributed by atoms with Crippen molar-refractivity contribution >= 4 is 22.9 Å². The number of benzene rings is 2. The van der Waals surface area contributed by atoms with Crippen LogP contribution in [-0.4, -0.2) is 53.9 Å². The van der Waals surface area contributed by atoms with Crippen LogP contribution in [0.15, 0.2) is 54.6 Å². The number of aromatic nitrogens is 1. The zero-order valence-corrected chi connectivity index (χ0v) is 17.7. The van der Waals surface area contributed by atoms with Gasteiger partial charge in [-0.15, -0.1) is 11.3 Å². The molecule has 1 saturated heterocycles. The van der Waals surface area contributed by atoms with Gasteiger partial charge in [0.15, 0.2) is 0 Å². The Labute approximate surface area is 176 Å². The molecule has 0 spiro atoms. The van der Waals surface area contributed by atoms with E-state index < -0.39 is 0 Å². The molecule has 4 rings (SSSR count). The lowest BCUT2D eigenvalue weighted by Crippen LogP contribution is -2.43. The van der Waals surface area contributed by atoms with Crippen LogP contribution in [0, 0.1) is 6.92 Å². The van der Waals surface area contributed by atoms with Crippen molar-refractivity contribution in [1.29, 1.82) is 0 Å². The third kappa shape index (κ3) is 4.90. The minimum atomic E-state index is -0.0982. The monoisotopic (exact) mass is 406 g/mol. The molecule has 150 valence electrons. The molecule has 1 aliphatic heterocycles. The largest absolute Gasteiger partial charge is 0.321 e. The second-order valence-electron chi connectivity index (χ2n) is 7.53. The number of rotatable bonds is 5. The van der Waals surface area contributed by atoms with Crippen LogP contribution in [0.1, 0.15) is 20.9 Å². The molecule has 2 aromatic carbocycles. The molecular weight excluding hydrogens is 380 g/mol. The lowest BCUT2D eigenvalue weighted by atomic mass is 10.1. The van der Waals surface area contributed by atoms with E-state index in [4.69, 9.17) is 0 Å². The Balaban J connectivity index is 1.44. The first-order valence-electron chi connectivity index (χ1n) is 9.92. The second-order valence-corrected chi connectivity index (χ2v) is 8.53. The Morgan fingerprint density at radius 1 is 1.07 bits per heavy atom. The van der Waals surface area contributed by atoms with Gasteiger partial charge in [0.1, 0.15) is 9.88 Å². The van der Waals surface area contributed by atoms with E-state index in [-0.39, 0.29) is 5.91 Å². The average molecular weight is 407 g/mol. The van der Waals surface area contributed by atoms with Crippen LogP contribution < -0.4 is 5.32 Å². The number of hydrogen-bond acceptors (Lipinski definition) is 5. The van der Waals surface area contributed by atoms with Crippen LogP contribution in [0.25, 0.3) is 10.6 Å². The van der Waals surface area contributed by atoms with Crippen molar-refractivity contribution in [2.75, 3.05) is 38.5 Å². The van der Waals surface area contributed by atoms with Gasteiger partial charge in [-0.2, -0.15) is 0 Å². The predicted molar refractivity (Wildman–Crippen MR) is 119 cm³/mol. The number of anilines is 1. The zero-order valence-electron chi connectivity index (χ0n) is 16.9. The number of likely N-dealkylation sites (N-methyl/N-ethyl adjacent to an activating group) is 1. The first kappa shape index (κ1) is 19.8. The molecule has 2 heterocycles. The van der Waals surface area contributed by atoms with Crippen LogP contribution >= 0.6 is 11.3 Å². The van der Waals surface area contributed by atoms with Gasteiger partial charge in [0, 0.05) is 44.0 Å². The zero-order chi connectivity index (χ0) is 20.2. The summed E-state index contributed by atoms with van der Waals surface area (Å²) in [5.74, 6) is -0.0982. The summed E-state index contributed by atoms with van der Waals surface area (Å²) < 4.78 is 0. The Morgan fingerprint density at radius 2 is 1.83 bits per heavy atom. The minimum Gasteiger partial charge on any atom is -0.321 e. The number of nitrogens with zero attached hydrogens (tertiary/aromatic N) is 3. The van der Waals surface area contributed by atoms with E-state index in [1.54, 1.807) is 0 Å². The second kappa shape index (κ2) is 8.86. The molecule has 1 N–H and O–H groups in total. The highest BCUT2D eigenvalue weighted by Gasteiger charge is 2.17. The molecule has 0 saturated carbocycles. The normalized spacial score (nSPS) is 15.4. The Bertz CT molecular complexity index is 978. The van der Waals surface area contributed by atoms with Crippen molar-refractivity contribution < 1.29 is 4.79 Å². The summed E-state index contributed by atoms with van der Waals surface area (Å²) in [6.45, 7) is 7.16. The molecule has 6 heteroatoms. The highest BCUT2D eigenvalue weighted by atomic mass is 32.1. The molecule has 29 heavy (non-hydrogen) atoms. The SMILES string of the molecule is Cc1nc(-c2ccccc2)sc1C(=O)Nc1cccc(CN2CCN(C)CC2)c1. The third-order valence-corrected chi connectivity index (χ3v) is 6.42. The summed E-state index contributed by atoms with van der Waals surface area (Å²) in [6, 6.07) is 18.1. The molecule has 1 aromatic heterocycles. The Morgan fingerprint density at radius 3 is 2.59 bits per heavy atom. The molecule has 1 amide bonds. The number of nitrogens with one attached hydrogen (secondary N) is 1. The standard InChI is InChI=1S/C23H26N4OS/c1-17-21(29-23(24-17)19-8-4-3-5-9-19)22(28)25-20-10-6-7-18(15-20)16-27-13-11-26(2)12-14-27/h3-10,15H,11-14,16H2,1-2H3,(H,25,28). The van der Waals surface area contributed by atoms with Gasteiger partial charge in [-0.3, -0.25) is 9.69 Å². The number of piperazine rings is 1. The fourth-order valence-electron chi connectivity index (χ4n) is 3.51. The molecule has 1 aliphatic rings. The van der Waals surface area contributed by atoms with Crippen molar-refractivity contribution in [2.24, 2.45) is 0 Å². The van der Waals surface area contributed by atoms with Crippen molar-refractivity contribution in [3.63, 3.8) is 0 Å². The van der Waals surface area contributed by atoms with Gasteiger partial charge in [-0.05, 0) is 31.7 Å². The maximum Gasteiger partial charge on any atom is 0.267 e. The van der Waals surface area contributed by atoms with Crippen LogP contribution in [0.5, 0.6) is 0 Å². The van der Waals surface area contributed by atoms with Crippen molar-refractivity contribution in [3.8, 4) is 10.6 Å². The number of hydrogen-bond donors (Lipinski definition) is 1. The quantitative estimate of drug-likeness (QED) is 0.693. The molecule has 0 atom stereocenters. The average Bonchev–Trinajstić information content (AvgIpc) is 3.13. The van der Waals surface area contributed by atoms with E-state index in [2.05, 4.69) is 39.3 Å². The van der Waals surface area contributed by atoms with Gasteiger partial charge in [-0.1, -0.05) is 42.5 Å². The van der Waals surface area contributed by atoms with Crippen molar-refractivity contribution in [2.45, 2.75) is 13.5 Å². The van der Waals surface area contributed by atoms with E-state index in [1.165, 1.54) is 16.9 Å². The van der Waals surface area contributed by atoms with E-state index >= 15 is 0 Å². The number of aryl methyl sites for hydroxylation is 1. The summed E-state index contributed by atoms with van der Waals surface area (Å²) >= 11 is 1.44. The number of carbonyl (C=O) groups excluding carboxylic acids is 1. The predicted octanol–water partition coefficient (Wildman–Crippen LogP) is 4.12. The highest BCUT2D eigenvalue weighted by molar-refractivity contribution is 7.17. The smallest absolute Gasteiger partial charge is 0.267 e. The highest BCUT2D eigenvalue weighted by Crippen LogP contribution is 2.28. The molecule has 3 aromatic rings. The van der Waals surface area contributed by atoms with E-state index in [1.807, 2.05) is 49.4 Å². The fraction of sp³-hybridized carbons (Fsp3) is 0.304. The molecule has 0 aliphatic carbocycles. The van der Waals surface area contributed by atoms with Crippen molar-refractivity contribution in [3.05, 3.63) is 70.7 Å². The van der Waals surface area contributed by atoms with Crippen LogP contribution in [-0.2, 0) is 6.54 Å². The first-order chi connectivity index (χ1) is 14.1. The molecule has 5 nitrogen and oxygen atoms in total. The van der Waals surface area contributed by atoms with Crippen LogP contribution in [0.3, 0.4) is 0 Å². The van der Waals surface area contributed by atoms with Crippen molar-refractivity contribution in [1.82, 2.24) is 14.8 Å². The fourth-order valence-corrected chi connectivity index (χ4v) is 4.48. The molecule has 0 radical (unpaired) electrons. The van der Waals surface area contributed by atoms with E-state index in [0.29, 0.717) is 4.88 Å². The Kier molecular flexibility index (Phi) is 6.04. The van der Waals surface area contributed by atoms with E-state index in [9.17, 15) is 4.79 Å². The van der Waals surface area contributed by atoms with Gasteiger partial charge in [0.2, 0.25) is 0 Å². The summed E-state index contributed by atoms with van der Waals surface area (Å²) in [7, 11) is 2.16. The minimum absolute atomic E-state index is 0.0982. The van der Waals surface area contributed by atoms with Gasteiger partial charge >= 0.3 is 0 Å². The lowest BCUT2D eigenvalue weighted by Gasteiger charge is -2.32. The van der Waals surface area contributed by atoms with Gasteiger partial charge in [0.05, 0.1) is 5.69 Å². The van der Waals surface area contributed by atoms with Gasteiger partial charge < -0.3 is 10.2 Å². The van der Waals surface area contributed by atoms with Gasteiger partial charge in [-0.25, -0.2) is 4.98 Å². The molecule has 0 unspecified atom stereocenters. The number of thiazole rings is 1. The van der Waals surface area contributed by atoms with Crippen LogP contribution in [0.4, 0.5) is 5.69 Å². The molecule has 0 bridgehead atoms. The maximum atomic E-state index is 12.9. The molecule has 1 fully saturated rings. The topological polar surface area (TPSA) is 48.5 Å². The summed E-state index contributed by atoms with van der Waals surface area (Å²) in [4.78, 5) is 22.9. The van der Waals surface area contributed by atoms with Crippen LogP contribution in [0.2, 0.25) is 0 Å². The summed E-state index contributed by atoms with van der Waals surface area (Å²) in [5, 5.41) is 3.93. The maximum absolute atomic E-state index is 12.9. The number of amides is 1. The van der Waals surface area contributed by atoms with Gasteiger partial charge in [0.25, 0.3) is 5.91 Å². The third-order valence-electron chi connectivity index (χ3n) is 5.21.